The minimum atomic E-state index is -0.195. The Morgan fingerprint density at radius 1 is 1.17 bits per heavy atom. The molecule has 7 nitrogen and oxygen atoms in total. The van der Waals surface area contributed by atoms with E-state index in [9.17, 15) is 4.79 Å². The van der Waals surface area contributed by atoms with E-state index >= 15 is 0 Å². The maximum atomic E-state index is 13.5. The van der Waals surface area contributed by atoms with Crippen molar-refractivity contribution in [3.8, 4) is 5.75 Å². The van der Waals surface area contributed by atoms with Crippen molar-refractivity contribution >= 4 is 5.91 Å². The Morgan fingerprint density at radius 2 is 2.03 bits per heavy atom. The number of amides is 1. The maximum Gasteiger partial charge on any atom is 0.254 e. The predicted molar refractivity (Wildman–Crippen MR) is 108 cm³/mol. The number of hydrogen-bond donors (Lipinski definition) is 0. The van der Waals surface area contributed by atoms with Crippen LogP contribution in [-0.2, 0) is 9.47 Å². The number of carbonyl (C=O) groups excluding carboxylic acids is 1. The third-order valence-electron chi connectivity index (χ3n) is 5.50. The van der Waals surface area contributed by atoms with Crippen LogP contribution < -0.4 is 4.74 Å². The SMILES string of the molecule is COc1cccc(C(=O)N2CCO[C@@H](CN3CCOCC3)[C@@H]2c2cccnc2)c1. The summed E-state index contributed by atoms with van der Waals surface area (Å²) in [4.78, 5) is 22.0. The van der Waals surface area contributed by atoms with Crippen molar-refractivity contribution in [2.75, 3.05) is 53.1 Å². The van der Waals surface area contributed by atoms with Crippen LogP contribution in [0.1, 0.15) is 22.0 Å². The van der Waals surface area contributed by atoms with Gasteiger partial charge in [-0.2, -0.15) is 0 Å². The molecule has 0 aliphatic carbocycles. The van der Waals surface area contributed by atoms with E-state index in [0.29, 0.717) is 24.5 Å². The number of nitrogens with zero attached hydrogens (tertiary/aromatic N) is 3. The van der Waals surface area contributed by atoms with E-state index in [1.165, 1.54) is 0 Å². The Bertz CT molecular complexity index is 811. The van der Waals surface area contributed by atoms with Crippen molar-refractivity contribution in [2.45, 2.75) is 12.1 Å². The molecule has 0 bridgehead atoms. The molecule has 3 heterocycles. The van der Waals surface area contributed by atoms with Crippen LogP contribution in [0.25, 0.3) is 0 Å². The van der Waals surface area contributed by atoms with Gasteiger partial charge >= 0.3 is 0 Å². The first-order valence-electron chi connectivity index (χ1n) is 10.0. The van der Waals surface area contributed by atoms with Crippen LogP contribution >= 0.6 is 0 Å². The molecule has 0 saturated carbocycles. The molecule has 0 spiro atoms. The van der Waals surface area contributed by atoms with Gasteiger partial charge < -0.3 is 19.1 Å². The molecular weight excluding hydrogens is 370 g/mol. The second-order valence-electron chi connectivity index (χ2n) is 7.28. The molecular formula is C22H27N3O4. The van der Waals surface area contributed by atoms with Gasteiger partial charge in [-0.1, -0.05) is 12.1 Å². The molecule has 2 aliphatic heterocycles. The summed E-state index contributed by atoms with van der Waals surface area (Å²) < 4.78 is 17.0. The lowest BCUT2D eigenvalue weighted by molar-refractivity contribution is -0.0819. The Balaban J connectivity index is 1.62. The van der Waals surface area contributed by atoms with Gasteiger partial charge in [0.2, 0.25) is 0 Å². The molecule has 2 saturated heterocycles. The van der Waals surface area contributed by atoms with Crippen LogP contribution in [0.5, 0.6) is 5.75 Å². The average molecular weight is 397 g/mol. The maximum absolute atomic E-state index is 13.5. The fourth-order valence-corrected chi connectivity index (χ4v) is 4.02. The number of hydrogen-bond acceptors (Lipinski definition) is 6. The molecule has 2 fully saturated rings. The topological polar surface area (TPSA) is 64.1 Å². The summed E-state index contributed by atoms with van der Waals surface area (Å²) in [6.45, 7) is 5.03. The van der Waals surface area contributed by atoms with Gasteiger partial charge in [-0.3, -0.25) is 14.7 Å². The molecule has 1 amide bonds. The number of carbonyl (C=O) groups is 1. The molecule has 29 heavy (non-hydrogen) atoms. The lowest BCUT2D eigenvalue weighted by Crippen LogP contribution is -2.53. The molecule has 2 aromatic rings. The highest BCUT2D eigenvalue weighted by Crippen LogP contribution is 2.32. The number of ether oxygens (including phenoxy) is 3. The van der Waals surface area contributed by atoms with Crippen LogP contribution in [0.2, 0.25) is 0 Å². The van der Waals surface area contributed by atoms with Crippen molar-refractivity contribution in [3.63, 3.8) is 0 Å². The van der Waals surface area contributed by atoms with E-state index in [-0.39, 0.29) is 18.1 Å². The number of pyridine rings is 1. The number of aromatic nitrogens is 1. The van der Waals surface area contributed by atoms with Crippen LogP contribution in [0.3, 0.4) is 0 Å². The summed E-state index contributed by atoms with van der Waals surface area (Å²) >= 11 is 0. The summed E-state index contributed by atoms with van der Waals surface area (Å²) in [6, 6.07) is 11.0. The number of morpholine rings is 2. The van der Waals surface area contributed by atoms with Crippen LogP contribution in [0.4, 0.5) is 0 Å². The van der Waals surface area contributed by atoms with E-state index in [1.807, 2.05) is 41.4 Å². The minimum Gasteiger partial charge on any atom is -0.497 e. The molecule has 0 radical (unpaired) electrons. The second kappa shape index (κ2) is 9.35. The molecule has 154 valence electrons. The van der Waals surface area contributed by atoms with Gasteiger partial charge in [-0.15, -0.1) is 0 Å². The summed E-state index contributed by atoms with van der Waals surface area (Å²) in [6.07, 6.45) is 3.45. The Kier molecular flexibility index (Phi) is 6.39. The van der Waals surface area contributed by atoms with Crippen LogP contribution in [0.15, 0.2) is 48.8 Å². The van der Waals surface area contributed by atoms with Gasteiger partial charge in [0.25, 0.3) is 5.91 Å². The van der Waals surface area contributed by atoms with Crippen LogP contribution in [0, 0.1) is 0 Å². The zero-order chi connectivity index (χ0) is 20.1. The Labute approximate surface area is 171 Å². The molecule has 2 atom stereocenters. The van der Waals surface area contributed by atoms with Gasteiger partial charge in [-0.05, 0) is 29.8 Å². The van der Waals surface area contributed by atoms with Gasteiger partial charge in [0.05, 0.1) is 39.1 Å². The standard InChI is InChI=1S/C22H27N3O4/c1-27-19-6-2-4-17(14-19)22(26)25-10-13-29-20(16-24-8-11-28-12-9-24)21(25)18-5-3-7-23-15-18/h2-7,14-15,20-21H,8-13,16H2,1H3/t20-,21-/m0/s1. The van der Waals surface area contributed by atoms with Crippen LogP contribution in [-0.4, -0.2) is 79.9 Å². The number of methoxy groups -OCH3 is 1. The first kappa shape index (κ1) is 19.8. The van der Waals surface area contributed by atoms with Crippen molar-refractivity contribution in [1.82, 2.24) is 14.8 Å². The quantitative estimate of drug-likeness (QED) is 0.769. The molecule has 4 rings (SSSR count). The predicted octanol–water partition coefficient (Wildman–Crippen LogP) is 2.00. The summed E-state index contributed by atoms with van der Waals surface area (Å²) in [5.74, 6) is 0.653. The molecule has 0 unspecified atom stereocenters. The first-order chi connectivity index (χ1) is 14.3. The number of benzene rings is 1. The lowest BCUT2D eigenvalue weighted by Gasteiger charge is -2.43. The Hall–Kier alpha value is -2.48. The van der Waals surface area contributed by atoms with E-state index in [1.54, 1.807) is 19.4 Å². The first-order valence-corrected chi connectivity index (χ1v) is 10.0. The van der Waals surface area contributed by atoms with E-state index in [0.717, 1.165) is 38.4 Å². The molecule has 1 aromatic heterocycles. The molecule has 0 N–H and O–H groups in total. The largest absolute Gasteiger partial charge is 0.497 e. The molecule has 2 aliphatic rings. The smallest absolute Gasteiger partial charge is 0.254 e. The average Bonchev–Trinajstić information content (AvgIpc) is 2.80. The second-order valence-corrected chi connectivity index (χ2v) is 7.28. The highest BCUT2D eigenvalue weighted by molar-refractivity contribution is 5.95. The van der Waals surface area contributed by atoms with Crippen molar-refractivity contribution < 1.29 is 19.0 Å². The van der Waals surface area contributed by atoms with E-state index < -0.39 is 0 Å². The zero-order valence-electron chi connectivity index (χ0n) is 16.7. The molecule has 1 aromatic carbocycles. The summed E-state index contributed by atoms with van der Waals surface area (Å²) in [5.41, 5.74) is 1.60. The van der Waals surface area contributed by atoms with Gasteiger partial charge in [0.15, 0.2) is 0 Å². The van der Waals surface area contributed by atoms with Gasteiger partial charge in [0, 0.05) is 44.1 Å². The Morgan fingerprint density at radius 3 is 2.79 bits per heavy atom. The van der Waals surface area contributed by atoms with Gasteiger partial charge in [0.1, 0.15) is 5.75 Å². The fourth-order valence-electron chi connectivity index (χ4n) is 4.02. The van der Waals surface area contributed by atoms with Gasteiger partial charge in [-0.25, -0.2) is 0 Å². The zero-order valence-corrected chi connectivity index (χ0v) is 16.7. The lowest BCUT2D eigenvalue weighted by atomic mass is 9.97. The highest BCUT2D eigenvalue weighted by atomic mass is 16.5. The highest BCUT2D eigenvalue weighted by Gasteiger charge is 2.38. The van der Waals surface area contributed by atoms with E-state index in [4.69, 9.17) is 14.2 Å². The van der Waals surface area contributed by atoms with Crippen molar-refractivity contribution in [1.29, 1.82) is 0 Å². The monoisotopic (exact) mass is 397 g/mol. The fraction of sp³-hybridized carbons (Fsp3) is 0.455. The van der Waals surface area contributed by atoms with E-state index in [2.05, 4.69) is 9.88 Å². The normalized spacial score (nSPS) is 23.0. The third-order valence-corrected chi connectivity index (χ3v) is 5.50. The minimum absolute atomic E-state index is 0.0203. The summed E-state index contributed by atoms with van der Waals surface area (Å²) in [5, 5.41) is 0. The number of rotatable bonds is 5. The van der Waals surface area contributed by atoms with Crippen molar-refractivity contribution in [2.24, 2.45) is 0 Å². The molecule has 7 heteroatoms. The third kappa shape index (κ3) is 4.58. The van der Waals surface area contributed by atoms with Crippen molar-refractivity contribution in [3.05, 3.63) is 59.9 Å². The summed E-state index contributed by atoms with van der Waals surface area (Å²) in [7, 11) is 1.61.